The molecule has 0 radical (unpaired) electrons. The number of likely N-dealkylation sites (tertiary alicyclic amines) is 1. The second kappa shape index (κ2) is 6.97. The van der Waals surface area contributed by atoms with Gasteiger partial charge in [0.15, 0.2) is 5.60 Å². The molecule has 1 aromatic carbocycles. The second-order valence-corrected chi connectivity index (χ2v) is 6.18. The van der Waals surface area contributed by atoms with Gasteiger partial charge in [-0.05, 0) is 44.7 Å². The van der Waals surface area contributed by atoms with Gasteiger partial charge in [0.05, 0.1) is 0 Å². The fraction of sp³-hybridized carbons (Fsp3) is 0.611. The standard InChI is InChI=1S/C18H27NO2/c1-4-15(2)18(3,21-16-11-7-5-8-12-16)17(20)19-13-9-6-10-14-19/h5,7-8,11-12,15H,4,6,9-10,13-14H2,1-3H3. The Hall–Kier alpha value is -1.51. The summed E-state index contributed by atoms with van der Waals surface area (Å²) in [6.07, 6.45) is 4.35. The van der Waals surface area contributed by atoms with Crippen molar-refractivity contribution in [3.05, 3.63) is 30.3 Å². The smallest absolute Gasteiger partial charge is 0.266 e. The number of carbonyl (C=O) groups is 1. The Labute approximate surface area is 128 Å². The van der Waals surface area contributed by atoms with Gasteiger partial charge in [-0.2, -0.15) is 0 Å². The van der Waals surface area contributed by atoms with Gasteiger partial charge in [-0.25, -0.2) is 0 Å². The van der Waals surface area contributed by atoms with Crippen molar-refractivity contribution in [1.82, 2.24) is 4.90 Å². The summed E-state index contributed by atoms with van der Waals surface area (Å²) in [7, 11) is 0. The van der Waals surface area contributed by atoms with Gasteiger partial charge in [-0.1, -0.05) is 32.0 Å². The molecular weight excluding hydrogens is 262 g/mol. The first-order valence-corrected chi connectivity index (χ1v) is 8.11. The first-order valence-electron chi connectivity index (χ1n) is 8.11. The van der Waals surface area contributed by atoms with Crippen molar-refractivity contribution in [2.24, 2.45) is 5.92 Å². The van der Waals surface area contributed by atoms with Crippen molar-refractivity contribution in [2.75, 3.05) is 13.1 Å². The van der Waals surface area contributed by atoms with Crippen LogP contribution in [0.3, 0.4) is 0 Å². The molecule has 21 heavy (non-hydrogen) atoms. The van der Waals surface area contributed by atoms with Gasteiger partial charge >= 0.3 is 0 Å². The van der Waals surface area contributed by atoms with Crippen molar-refractivity contribution in [3.63, 3.8) is 0 Å². The zero-order valence-corrected chi connectivity index (χ0v) is 13.5. The third-order valence-corrected chi connectivity index (χ3v) is 4.69. The summed E-state index contributed by atoms with van der Waals surface area (Å²) >= 11 is 0. The van der Waals surface area contributed by atoms with Gasteiger partial charge in [0.25, 0.3) is 5.91 Å². The number of benzene rings is 1. The van der Waals surface area contributed by atoms with Crippen LogP contribution in [0.15, 0.2) is 30.3 Å². The molecule has 1 aliphatic heterocycles. The number of hydrogen-bond donors (Lipinski definition) is 0. The molecule has 0 saturated carbocycles. The topological polar surface area (TPSA) is 29.5 Å². The lowest BCUT2D eigenvalue weighted by atomic mass is 9.86. The minimum absolute atomic E-state index is 0.139. The third-order valence-electron chi connectivity index (χ3n) is 4.69. The summed E-state index contributed by atoms with van der Waals surface area (Å²) in [5.74, 6) is 1.08. The summed E-state index contributed by atoms with van der Waals surface area (Å²) < 4.78 is 6.18. The van der Waals surface area contributed by atoms with Gasteiger partial charge in [-0.15, -0.1) is 0 Å². The third kappa shape index (κ3) is 3.58. The van der Waals surface area contributed by atoms with Crippen LogP contribution in [0.5, 0.6) is 5.75 Å². The SMILES string of the molecule is CCC(C)C(C)(Oc1ccccc1)C(=O)N1CCCCC1. The van der Waals surface area contributed by atoms with Crippen molar-refractivity contribution in [1.29, 1.82) is 0 Å². The van der Waals surface area contributed by atoms with Crippen molar-refractivity contribution < 1.29 is 9.53 Å². The lowest BCUT2D eigenvalue weighted by Gasteiger charge is -2.39. The highest BCUT2D eigenvalue weighted by molar-refractivity contribution is 5.85. The number of hydrogen-bond acceptors (Lipinski definition) is 2. The van der Waals surface area contributed by atoms with Crippen LogP contribution in [0.2, 0.25) is 0 Å². The van der Waals surface area contributed by atoms with Crippen molar-refractivity contribution in [3.8, 4) is 5.75 Å². The Morgan fingerprint density at radius 2 is 1.86 bits per heavy atom. The summed E-state index contributed by atoms with van der Waals surface area (Å²) in [4.78, 5) is 15.0. The maximum Gasteiger partial charge on any atom is 0.266 e. The largest absolute Gasteiger partial charge is 0.477 e. The highest BCUT2D eigenvalue weighted by atomic mass is 16.5. The molecule has 1 fully saturated rings. The van der Waals surface area contributed by atoms with Crippen molar-refractivity contribution >= 4 is 5.91 Å². The van der Waals surface area contributed by atoms with E-state index in [1.54, 1.807) is 0 Å². The van der Waals surface area contributed by atoms with Gasteiger partial charge < -0.3 is 9.64 Å². The molecule has 0 N–H and O–H groups in total. The molecule has 1 aliphatic rings. The average molecular weight is 289 g/mol. The minimum atomic E-state index is -0.784. The number of nitrogens with zero attached hydrogens (tertiary/aromatic N) is 1. The second-order valence-electron chi connectivity index (χ2n) is 6.18. The molecular formula is C18H27NO2. The first kappa shape index (κ1) is 15.9. The summed E-state index contributed by atoms with van der Waals surface area (Å²) in [6.45, 7) is 7.89. The Balaban J connectivity index is 2.21. The van der Waals surface area contributed by atoms with Gasteiger partial charge in [0.1, 0.15) is 5.75 Å². The van der Waals surface area contributed by atoms with Crippen LogP contribution in [-0.2, 0) is 4.79 Å². The van der Waals surface area contributed by atoms with Crippen LogP contribution in [0, 0.1) is 5.92 Å². The van der Waals surface area contributed by atoms with Crippen LogP contribution in [0.4, 0.5) is 0 Å². The Morgan fingerprint density at radius 1 is 1.24 bits per heavy atom. The van der Waals surface area contributed by atoms with Gasteiger partial charge in [0, 0.05) is 19.0 Å². The van der Waals surface area contributed by atoms with E-state index < -0.39 is 5.60 Å². The lowest BCUT2D eigenvalue weighted by molar-refractivity contribution is -0.152. The molecule has 1 amide bonds. The number of ether oxygens (including phenoxy) is 1. The Morgan fingerprint density at radius 3 is 2.43 bits per heavy atom. The summed E-state index contributed by atoms with van der Waals surface area (Å²) in [6, 6.07) is 9.68. The van der Waals surface area contributed by atoms with Crippen LogP contribution < -0.4 is 4.74 Å². The predicted molar refractivity (Wildman–Crippen MR) is 85.4 cm³/mol. The average Bonchev–Trinajstić information content (AvgIpc) is 2.55. The molecule has 3 heteroatoms. The molecule has 1 saturated heterocycles. The van der Waals surface area contributed by atoms with E-state index in [0.717, 1.165) is 38.1 Å². The monoisotopic (exact) mass is 289 g/mol. The fourth-order valence-electron chi connectivity index (χ4n) is 2.89. The molecule has 0 aliphatic carbocycles. The predicted octanol–water partition coefficient (Wildman–Crippen LogP) is 3.88. The maximum absolute atomic E-state index is 13.0. The lowest BCUT2D eigenvalue weighted by Crippen LogP contribution is -2.55. The zero-order valence-electron chi connectivity index (χ0n) is 13.5. The van der Waals surface area contributed by atoms with E-state index in [2.05, 4.69) is 13.8 Å². The Kier molecular flexibility index (Phi) is 5.27. The molecule has 2 rings (SSSR count). The molecule has 1 aromatic rings. The molecule has 1 heterocycles. The first-order chi connectivity index (χ1) is 10.1. The fourth-order valence-corrected chi connectivity index (χ4v) is 2.89. The molecule has 0 aromatic heterocycles. The van der Waals surface area contributed by atoms with Crippen molar-refractivity contribution in [2.45, 2.75) is 52.1 Å². The molecule has 2 atom stereocenters. The number of rotatable bonds is 5. The minimum Gasteiger partial charge on any atom is -0.477 e. The van der Waals surface area contributed by atoms with E-state index in [1.807, 2.05) is 42.2 Å². The van der Waals surface area contributed by atoms with Crippen LogP contribution in [-0.4, -0.2) is 29.5 Å². The maximum atomic E-state index is 13.0. The highest BCUT2D eigenvalue weighted by Gasteiger charge is 2.43. The molecule has 0 spiro atoms. The number of carbonyl (C=O) groups excluding carboxylic acids is 1. The van der Waals surface area contributed by atoms with E-state index >= 15 is 0 Å². The van der Waals surface area contributed by atoms with Gasteiger partial charge in [-0.3, -0.25) is 4.79 Å². The van der Waals surface area contributed by atoms with Gasteiger partial charge in [0.2, 0.25) is 0 Å². The molecule has 3 nitrogen and oxygen atoms in total. The molecule has 116 valence electrons. The van der Waals surface area contributed by atoms with E-state index in [4.69, 9.17) is 4.74 Å². The zero-order chi connectivity index (χ0) is 15.3. The number of amides is 1. The molecule has 0 bridgehead atoms. The van der Waals surface area contributed by atoms with E-state index in [0.29, 0.717) is 0 Å². The summed E-state index contributed by atoms with van der Waals surface area (Å²) in [5, 5.41) is 0. The van der Waals surface area contributed by atoms with Crippen LogP contribution in [0.25, 0.3) is 0 Å². The van der Waals surface area contributed by atoms with E-state index in [9.17, 15) is 4.79 Å². The molecule has 2 unspecified atom stereocenters. The van der Waals surface area contributed by atoms with E-state index in [1.165, 1.54) is 6.42 Å². The van der Waals surface area contributed by atoms with Crippen LogP contribution in [0.1, 0.15) is 46.5 Å². The number of piperidine rings is 1. The quantitative estimate of drug-likeness (QED) is 0.823. The van der Waals surface area contributed by atoms with E-state index in [-0.39, 0.29) is 11.8 Å². The summed E-state index contributed by atoms with van der Waals surface area (Å²) in [5.41, 5.74) is -0.784. The van der Waals surface area contributed by atoms with Crippen LogP contribution >= 0.6 is 0 Å². The number of para-hydroxylation sites is 1. The Bertz CT molecular complexity index is 454. The normalized spacial score (nSPS) is 19.7. The highest BCUT2D eigenvalue weighted by Crippen LogP contribution is 2.30.